The number of methoxy groups -OCH3 is 1. The van der Waals surface area contributed by atoms with E-state index in [1.807, 2.05) is 0 Å². The number of benzene rings is 1. The molecule has 0 saturated heterocycles. The lowest BCUT2D eigenvalue weighted by atomic mass is 10.2. The number of carbonyl (C=O) groups is 1. The number of halogens is 2. The summed E-state index contributed by atoms with van der Waals surface area (Å²) < 4.78 is 11.1. The van der Waals surface area contributed by atoms with Gasteiger partial charge < -0.3 is 9.47 Å². The van der Waals surface area contributed by atoms with E-state index in [9.17, 15) is 4.79 Å². The van der Waals surface area contributed by atoms with Crippen molar-refractivity contribution in [2.24, 2.45) is 7.05 Å². The summed E-state index contributed by atoms with van der Waals surface area (Å²) in [5, 5.41) is 5.02. The van der Waals surface area contributed by atoms with E-state index in [4.69, 9.17) is 27.9 Å². The topological polar surface area (TPSA) is 66.2 Å². The highest BCUT2D eigenvalue weighted by Crippen LogP contribution is 2.29. The highest BCUT2D eigenvalue weighted by Gasteiger charge is 2.14. The van der Waals surface area contributed by atoms with E-state index in [1.54, 1.807) is 25.2 Å². The Kier molecular flexibility index (Phi) is 4.46. The lowest BCUT2D eigenvalue weighted by molar-refractivity contribution is -0.143. The van der Waals surface area contributed by atoms with Crippen LogP contribution in [0.25, 0.3) is 11.4 Å². The zero-order chi connectivity index (χ0) is 14.7. The fourth-order valence-corrected chi connectivity index (χ4v) is 2.00. The molecule has 2 rings (SSSR count). The molecule has 0 radical (unpaired) electrons. The fraction of sp³-hybridized carbons (Fsp3) is 0.250. The molecule has 0 aliphatic rings. The zero-order valence-corrected chi connectivity index (χ0v) is 12.3. The molecule has 0 aliphatic carbocycles. The van der Waals surface area contributed by atoms with E-state index in [-0.39, 0.29) is 12.6 Å². The van der Waals surface area contributed by atoms with Gasteiger partial charge in [0, 0.05) is 17.6 Å². The van der Waals surface area contributed by atoms with Gasteiger partial charge in [0.2, 0.25) is 0 Å². The van der Waals surface area contributed by atoms with Crippen molar-refractivity contribution in [3.05, 3.63) is 28.2 Å². The number of esters is 1. The Bertz CT molecular complexity index is 643. The molecule has 0 fully saturated rings. The molecule has 0 saturated carbocycles. The first kappa shape index (κ1) is 14.6. The van der Waals surface area contributed by atoms with Crippen LogP contribution in [0, 0.1) is 0 Å². The Labute approximate surface area is 125 Å². The van der Waals surface area contributed by atoms with Gasteiger partial charge in [0.15, 0.2) is 12.4 Å². The standard InChI is InChI=1S/C12H11Cl2N3O3/c1-17-11(8-4-3-7(13)5-9(8)14)15-12(16-17)20-6-10(18)19-2/h3-5H,6H2,1-2H3. The van der Waals surface area contributed by atoms with Crippen molar-refractivity contribution in [2.45, 2.75) is 0 Å². The summed E-state index contributed by atoms with van der Waals surface area (Å²) in [5.74, 6) is -0.00457. The maximum atomic E-state index is 11.0. The summed E-state index contributed by atoms with van der Waals surface area (Å²) in [5.41, 5.74) is 0.666. The first-order chi connectivity index (χ1) is 9.51. The van der Waals surface area contributed by atoms with Crippen LogP contribution in [-0.4, -0.2) is 34.5 Å². The van der Waals surface area contributed by atoms with Crippen molar-refractivity contribution in [2.75, 3.05) is 13.7 Å². The Balaban J connectivity index is 2.25. The minimum atomic E-state index is -0.511. The molecule has 8 heteroatoms. The molecule has 0 aliphatic heterocycles. The molecule has 20 heavy (non-hydrogen) atoms. The van der Waals surface area contributed by atoms with E-state index in [0.717, 1.165) is 0 Å². The lowest BCUT2D eigenvalue weighted by Crippen LogP contribution is -2.13. The third kappa shape index (κ3) is 3.20. The Morgan fingerprint density at radius 2 is 2.15 bits per heavy atom. The average molecular weight is 316 g/mol. The van der Waals surface area contributed by atoms with E-state index in [1.165, 1.54) is 11.8 Å². The Morgan fingerprint density at radius 3 is 2.80 bits per heavy atom. The summed E-state index contributed by atoms with van der Waals surface area (Å²) in [6.07, 6.45) is 0. The molecule has 6 nitrogen and oxygen atoms in total. The SMILES string of the molecule is COC(=O)COc1nc(-c2ccc(Cl)cc2Cl)n(C)n1. The maximum Gasteiger partial charge on any atom is 0.344 e. The second kappa shape index (κ2) is 6.11. The minimum Gasteiger partial charge on any atom is -0.466 e. The van der Waals surface area contributed by atoms with Crippen molar-refractivity contribution in [3.8, 4) is 17.4 Å². The minimum absolute atomic E-state index is 0.0684. The average Bonchev–Trinajstić information content (AvgIpc) is 2.77. The molecule has 0 bridgehead atoms. The van der Waals surface area contributed by atoms with Crippen LogP contribution in [0.15, 0.2) is 18.2 Å². The second-order valence-corrected chi connectivity index (χ2v) is 4.67. The molecular formula is C12H11Cl2N3O3. The molecule has 1 heterocycles. The summed E-state index contributed by atoms with van der Waals surface area (Å²) in [6.45, 7) is -0.256. The molecule has 0 spiro atoms. The first-order valence-corrected chi connectivity index (χ1v) is 6.33. The molecule has 1 aromatic heterocycles. The Hall–Kier alpha value is -1.79. The second-order valence-electron chi connectivity index (χ2n) is 3.83. The largest absolute Gasteiger partial charge is 0.466 e. The van der Waals surface area contributed by atoms with E-state index in [2.05, 4.69) is 14.8 Å². The van der Waals surface area contributed by atoms with Gasteiger partial charge in [-0.15, -0.1) is 5.10 Å². The molecule has 0 unspecified atom stereocenters. The van der Waals surface area contributed by atoms with Gasteiger partial charge in [0.25, 0.3) is 0 Å². The quantitative estimate of drug-likeness (QED) is 0.810. The summed E-state index contributed by atoms with van der Waals surface area (Å²) in [6, 6.07) is 5.12. The molecule has 1 aromatic carbocycles. The maximum absolute atomic E-state index is 11.0. The zero-order valence-electron chi connectivity index (χ0n) is 10.8. The lowest BCUT2D eigenvalue weighted by Gasteiger charge is -2.02. The van der Waals surface area contributed by atoms with Crippen molar-refractivity contribution in [1.29, 1.82) is 0 Å². The van der Waals surface area contributed by atoms with Gasteiger partial charge in [0.1, 0.15) is 0 Å². The summed E-state index contributed by atoms with van der Waals surface area (Å²) >= 11 is 12.0. The predicted molar refractivity (Wildman–Crippen MR) is 74.0 cm³/mol. The third-order valence-electron chi connectivity index (χ3n) is 2.46. The van der Waals surface area contributed by atoms with Crippen LogP contribution < -0.4 is 4.74 Å². The summed E-state index contributed by atoms with van der Waals surface area (Å²) in [4.78, 5) is 15.2. The third-order valence-corrected chi connectivity index (χ3v) is 3.01. The van der Waals surface area contributed by atoms with Gasteiger partial charge in [-0.1, -0.05) is 23.2 Å². The molecule has 2 aromatic rings. The van der Waals surface area contributed by atoms with Crippen LogP contribution in [0.3, 0.4) is 0 Å². The first-order valence-electron chi connectivity index (χ1n) is 5.57. The van der Waals surface area contributed by atoms with Crippen LogP contribution in [0.4, 0.5) is 0 Å². The van der Waals surface area contributed by atoms with E-state index in [0.29, 0.717) is 21.4 Å². The Morgan fingerprint density at radius 1 is 1.40 bits per heavy atom. The number of nitrogens with zero attached hydrogens (tertiary/aromatic N) is 3. The number of ether oxygens (including phenoxy) is 2. The van der Waals surface area contributed by atoms with Crippen molar-refractivity contribution < 1.29 is 14.3 Å². The van der Waals surface area contributed by atoms with Crippen LogP contribution in [-0.2, 0) is 16.6 Å². The van der Waals surface area contributed by atoms with Gasteiger partial charge >= 0.3 is 12.0 Å². The molecule has 0 amide bonds. The monoisotopic (exact) mass is 315 g/mol. The molecule has 0 atom stereocenters. The number of hydrogen-bond donors (Lipinski definition) is 0. The van der Waals surface area contributed by atoms with E-state index >= 15 is 0 Å². The van der Waals surface area contributed by atoms with E-state index < -0.39 is 5.97 Å². The van der Waals surface area contributed by atoms with Gasteiger partial charge in [-0.2, -0.15) is 4.98 Å². The number of carbonyl (C=O) groups excluding carboxylic acids is 1. The molecule has 106 valence electrons. The van der Waals surface area contributed by atoms with Gasteiger partial charge in [-0.25, -0.2) is 9.48 Å². The molecule has 0 N–H and O–H groups in total. The normalized spacial score (nSPS) is 10.4. The van der Waals surface area contributed by atoms with Gasteiger partial charge in [0.05, 0.1) is 12.1 Å². The highest BCUT2D eigenvalue weighted by molar-refractivity contribution is 6.36. The smallest absolute Gasteiger partial charge is 0.344 e. The highest BCUT2D eigenvalue weighted by atomic mass is 35.5. The molecular weight excluding hydrogens is 305 g/mol. The van der Waals surface area contributed by atoms with Crippen LogP contribution in [0.5, 0.6) is 6.01 Å². The fourth-order valence-electron chi connectivity index (χ4n) is 1.51. The van der Waals surface area contributed by atoms with Gasteiger partial charge in [-0.3, -0.25) is 0 Å². The number of rotatable bonds is 4. The number of aromatic nitrogens is 3. The van der Waals surface area contributed by atoms with Crippen molar-refractivity contribution in [3.63, 3.8) is 0 Å². The van der Waals surface area contributed by atoms with Crippen molar-refractivity contribution in [1.82, 2.24) is 14.8 Å². The summed E-state index contributed by atoms with van der Waals surface area (Å²) in [7, 11) is 2.97. The van der Waals surface area contributed by atoms with Crippen LogP contribution in [0.2, 0.25) is 10.0 Å². The number of hydrogen-bond acceptors (Lipinski definition) is 5. The van der Waals surface area contributed by atoms with Crippen molar-refractivity contribution >= 4 is 29.2 Å². The van der Waals surface area contributed by atoms with Gasteiger partial charge in [-0.05, 0) is 18.2 Å². The predicted octanol–water partition coefficient (Wildman–Crippen LogP) is 2.34. The number of aryl methyl sites for hydroxylation is 1. The van der Waals surface area contributed by atoms with Crippen LogP contribution >= 0.6 is 23.2 Å². The van der Waals surface area contributed by atoms with Crippen LogP contribution in [0.1, 0.15) is 0 Å².